The van der Waals surface area contributed by atoms with E-state index in [1.807, 2.05) is 0 Å². The van der Waals surface area contributed by atoms with Gasteiger partial charge in [0.2, 0.25) is 0 Å². The zero-order valence-electron chi connectivity index (χ0n) is 12.4. The number of terminal acetylenes is 2. The number of imidazole rings is 1. The first-order valence-electron chi connectivity index (χ1n) is 6.04. The van der Waals surface area contributed by atoms with Crippen molar-refractivity contribution in [1.82, 2.24) is 9.97 Å². The molecule has 0 radical (unpaired) electrons. The quantitative estimate of drug-likeness (QED) is 0.549. The summed E-state index contributed by atoms with van der Waals surface area (Å²) in [4.78, 5) is 17.3. The molecule has 0 saturated carbocycles. The summed E-state index contributed by atoms with van der Waals surface area (Å²) in [7, 11) is 1.30. The van der Waals surface area contributed by atoms with Gasteiger partial charge < -0.3 is 21.2 Å². The fourth-order valence-corrected chi connectivity index (χ4v) is 1.22. The number of nitrogen functional groups attached to an aromatic ring is 1. The maximum atomic E-state index is 10.6. The third-order valence-corrected chi connectivity index (χ3v) is 2.29. The molecule has 0 aliphatic carbocycles. The molecule has 1 unspecified atom stereocenters. The lowest BCUT2D eigenvalue weighted by Gasteiger charge is -2.05. The smallest absolute Gasteiger partial charge is 0.322 e. The SMILES string of the molecule is C#CCCC(N)C(=O)OC.C#CCCc1cnc(N)[nH]1.Cl.Cl. The number of methoxy groups -OCH3 is 1. The lowest BCUT2D eigenvalue weighted by Crippen LogP contribution is -2.31. The first-order valence-corrected chi connectivity index (χ1v) is 6.04. The summed E-state index contributed by atoms with van der Waals surface area (Å²) in [6.45, 7) is 0. The van der Waals surface area contributed by atoms with Crippen LogP contribution < -0.4 is 11.5 Å². The molecule has 0 aliphatic rings. The number of hydrogen-bond donors (Lipinski definition) is 3. The summed E-state index contributed by atoms with van der Waals surface area (Å²) in [6, 6.07) is -0.568. The number of nitrogens with two attached hydrogens (primary N) is 2. The lowest BCUT2D eigenvalue weighted by atomic mass is 10.2. The van der Waals surface area contributed by atoms with Gasteiger partial charge in [-0.15, -0.1) is 49.5 Å². The molecule has 0 aromatic carbocycles. The number of nitrogens with one attached hydrogen (secondary N) is 1. The van der Waals surface area contributed by atoms with Crippen molar-refractivity contribution < 1.29 is 9.53 Å². The zero-order valence-corrected chi connectivity index (χ0v) is 14.0. The van der Waals surface area contributed by atoms with Gasteiger partial charge in [-0.3, -0.25) is 4.79 Å². The van der Waals surface area contributed by atoms with Gasteiger partial charge in [-0.25, -0.2) is 4.98 Å². The Balaban J connectivity index is -0.000000301. The number of aromatic nitrogens is 2. The highest BCUT2D eigenvalue weighted by Gasteiger charge is 2.11. The number of hydrogen-bond acceptors (Lipinski definition) is 5. The Morgan fingerprint density at radius 3 is 2.41 bits per heavy atom. The Morgan fingerprint density at radius 1 is 1.41 bits per heavy atom. The Labute approximate surface area is 143 Å². The number of carbonyl (C=O) groups is 1. The molecule has 1 aromatic rings. The van der Waals surface area contributed by atoms with E-state index in [0.29, 0.717) is 18.8 Å². The number of esters is 1. The van der Waals surface area contributed by atoms with E-state index in [0.717, 1.165) is 18.5 Å². The number of aryl methyl sites for hydroxylation is 1. The second kappa shape index (κ2) is 15.5. The summed E-state index contributed by atoms with van der Waals surface area (Å²) in [5.41, 5.74) is 11.7. The molecule has 124 valence electrons. The van der Waals surface area contributed by atoms with Crippen molar-refractivity contribution in [3.63, 3.8) is 0 Å². The molecule has 5 N–H and O–H groups in total. The monoisotopic (exact) mass is 348 g/mol. The number of halogens is 2. The molecule has 0 bridgehead atoms. The van der Waals surface area contributed by atoms with Gasteiger partial charge in [0.25, 0.3) is 0 Å². The number of aromatic amines is 1. The molecule has 1 atom stereocenters. The highest BCUT2D eigenvalue weighted by atomic mass is 35.5. The standard InChI is InChI=1S/C7H9N3.C7H11NO2.2ClH/c1-2-3-4-6-5-9-7(8)10-6;1-3-4-5-6(8)7(9)10-2;;/h1,5H,3-4H2,(H3,8,9,10);1,6H,4-5,8H2,2H3;2*1H. The minimum absolute atomic E-state index is 0. The van der Waals surface area contributed by atoms with Crippen LogP contribution in [0.15, 0.2) is 6.20 Å². The minimum Gasteiger partial charge on any atom is -0.468 e. The van der Waals surface area contributed by atoms with Crippen molar-refractivity contribution >= 4 is 36.7 Å². The predicted octanol–water partition coefficient (Wildman–Crippen LogP) is 1.30. The van der Waals surface area contributed by atoms with E-state index in [1.54, 1.807) is 6.20 Å². The van der Waals surface area contributed by atoms with Crippen molar-refractivity contribution in [2.24, 2.45) is 5.73 Å². The van der Waals surface area contributed by atoms with Crippen LogP contribution in [0.2, 0.25) is 0 Å². The number of H-pyrrole nitrogens is 1. The third kappa shape index (κ3) is 11.9. The van der Waals surface area contributed by atoms with Crippen LogP contribution in [0.25, 0.3) is 0 Å². The highest BCUT2D eigenvalue weighted by Crippen LogP contribution is 2.00. The van der Waals surface area contributed by atoms with Crippen LogP contribution >= 0.6 is 24.8 Å². The molecule has 6 nitrogen and oxygen atoms in total. The van der Waals surface area contributed by atoms with Crippen molar-refractivity contribution in [3.8, 4) is 24.7 Å². The topological polar surface area (TPSA) is 107 Å². The third-order valence-electron chi connectivity index (χ3n) is 2.29. The van der Waals surface area contributed by atoms with Crippen LogP contribution in [-0.2, 0) is 16.0 Å². The fourth-order valence-electron chi connectivity index (χ4n) is 1.22. The van der Waals surface area contributed by atoms with E-state index in [1.165, 1.54) is 7.11 Å². The molecule has 0 spiro atoms. The number of nitrogens with zero attached hydrogens (tertiary/aromatic N) is 1. The van der Waals surface area contributed by atoms with Gasteiger partial charge in [-0.05, 0) is 6.42 Å². The van der Waals surface area contributed by atoms with Gasteiger partial charge in [0.1, 0.15) is 6.04 Å². The molecule has 22 heavy (non-hydrogen) atoms. The number of carbonyl (C=O) groups excluding carboxylic acids is 1. The second-order valence-electron chi connectivity index (χ2n) is 3.87. The van der Waals surface area contributed by atoms with E-state index in [9.17, 15) is 4.79 Å². The molecule has 0 saturated heterocycles. The van der Waals surface area contributed by atoms with Crippen molar-refractivity contribution in [1.29, 1.82) is 0 Å². The van der Waals surface area contributed by atoms with Crippen molar-refractivity contribution in [2.75, 3.05) is 12.8 Å². The minimum atomic E-state index is -0.568. The summed E-state index contributed by atoms with van der Waals surface area (Å²) < 4.78 is 4.38. The van der Waals surface area contributed by atoms with E-state index in [2.05, 4.69) is 26.5 Å². The molecule has 0 fully saturated rings. The van der Waals surface area contributed by atoms with Gasteiger partial charge in [0.15, 0.2) is 5.95 Å². The molecule has 1 aromatic heterocycles. The summed E-state index contributed by atoms with van der Waals surface area (Å²) >= 11 is 0. The van der Waals surface area contributed by atoms with Gasteiger partial charge in [-0.2, -0.15) is 0 Å². The van der Waals surface area contributed by atoms with Crippen molar-refractivity contribution in [3.05, 3.63) is 11.9 Å². The maximum absolute atomic E-state index is 10.6. The van der Waals surface area contributed by atoms with E-state index in [-0.39, 0.29) is 24.8 Å². The first-order chi connectivity index (χ1) is 9.54. The van der Waals surface area contributed by atoms with Crippen LogP contribution in [0.5, 0.6) is 0 Å². The molecule has 1 heterocycles. The Hall–Kier alpha value is -1.86. The summed E-state index contributed by atoms with van der Waals surface area (Å²) in [5, 5.41) is 0. The average Bonchev–Trinajstić information content (AvgIpc) is 2.87. The van der Waals surface area contributed by atoms with Crippen LogP contribution in [0.1, 0.15) is 25.0 Å². The maximum Gasteiger partial charge on any atom is 0.322 e. The zero-order chi connectivity index (χ0) is 15.4. The van der Waals surface area contributed by atoms with Gasteiger partial charge >= 0.3 is 5.97 Å². The molecule has 0 amide bonds. The first kappa shape index (κ1) is 25.1. The highest BCUT2D eigenvalue weighted by molar-refractivity contribution is 5.85. The fraction of sp³-hybridized carbons (Fsp3) is 0.429. The van der Waals surface area contributed by atoms with E-state index < -0.39 is 12.0 Å². The number of ether oxygens (including phenoxy) is 1. The molecule has 8 heteroatoms. The second-order valence-corrected chi connectivity index (χ2v) is 3.87. The summed E-state index contributed by atoms with van der Waals surface area (Å²) in [6.07, 6.45) is 14.3. The van der Waals surface area contributed by atoms with E-state index in [4.69, 9.17) is 24.3 Å². The Bertz CT molecular complexity index is 492. The normalized spacial score (nSPS) is 9.45. The average molecular weight is 349 g/mol. The molecule has 1 rings (SSSR count). The number of anilines is 1. The Kier molecular flexibility index (Phi) is 17.7. The Morgan fingerprint density at radius 2 is 2.00 bits per heavy atom. The van der Waals surface area contributed by atoms with Crippen LogP contribution in [0.3, 0.4) is 0 Å². The van der Waals surface area contributed by atoms with Crippen LogP contribution in [0, 0.1) is 24.7 Å². The molecular formula is C14H22Cl2N4O2. The van der Waals surface area contributed by atoms with Gasteiger partial charge in [0, 0.05) is 25.0 Å². The van der Waals surface area contributed by atoms with E-state index >= 15 is 0 Å². The van der Waals surface area contributed by atoms with Crippen molar-refractivity contribution in [2.45, 2.75) is 31.7 Å². The lowest BCUT2D eigenvalue weighted by molar-refractivity contribution is -0.142. The number of rotatable bonds is 5. The molecule has 0 aliphatic heterocycles. The predicted molar refractivity (Wildman–Crippen MR) is 92.7 cm³/mol. The summed E-state index contributed by atoms with van der Waals surface area (Å²) in [5.74, 6) is 4.97. The van der Waals surface area contributed by atoms with Crippen LogP contribution in [0.4, 0.5) is 5.95 Å². The van der Waals surface area contributed by atoms with Gasteiger partial charge in [-0.1, -0.05) is 0 Å². The van der Waals surface area contributed by atoms with Gasteiger partial charge in [0.05, 0.1) is 13.3 Å². The molecular weight excluding hydrogens is 327 g/mol. The largest absolute Gasteiger partial charge is 0.468 e. The van der Waals surface area contributed by atoms with Crippen LogP contribution in [-0.4, -0.2) is 29.1 Å².